The number of aliphatic imine (C=N–C) groups is 1. The molecule has 178 valence electrons. The molecule has 2 amide bonds. The number of benzodiazepines with no additional fused rings is 1. The van der Waals surface area contributed by atoms with Gasteiger partial charge >= 0.3 is 0 Å². The number of hydrogen-bond donors (Lipinski definition) is 2. The van der Waals surface area contributed by atoms with Gasteiger partial charge in [-0.25, -0.2) is 0 Å². The third-order valence-electron chi connectivity index (χ3n) is 5.29. The first-order chi connectivity index (χ1) is 16.4. The molecule has 7 heteroatoms. The zero-order valence-corrected chi connectivity index (χ0v) is 20.0. The van der Waals surface area contributed by atoms with E-state index in [0.717, 1.165) is 23.4 Å². The van der Waals surface area contributed by atoms with E-state index in [-0.39, 0.29) is 30.7 Å². The molecule has 2 aromatic carbocycles. The number of allylic oxidation sites excluding steroid dienone is 1. The lowest BCUT2D eigenvalue weighted by Crippen LogP contribution is -2.47. The van der Waals surface area contributed by atoms with Crippen molar-refractivity contribution < 1.29 is 14.4 Å². The molecule has 0 unspecified atom stereocenters. The number of fused-ring (bicyclic) bond motifs is 1. The summed E-state index contributed by atoms with van der Waals surface area (Å²) in [5.41, 5.74) is 3.10. The van der Waals surface area contributed by atoms with Crippen LogP contribution in [-0.2, 0) is 14.4 Å². The molecule has 1 aliphatic heterocycles. The van der Waals surface area contributed by atoms with E-state index in [4.69, 9.17) is 4.99 Å². The molecule has 1 atom stereocenters. The molecule has 3 rings (SSSR count). The topological polar surface area (TPSA) is 90.9 Å². The highest BCUT2D eigenvalue weighted by atomic mass is 16.2. The summed E-state index contributed by atoms with van der Waals surface area (Å²) in [6.07, 6.45) is 3.00. The summed E-state index contributed by atoms with van der Waals surface area (Å²) in [5, 5.41) is 6.09. The summed E-state index contributed by atoms with van der Waals surface area (Å²) in [6, 6.07) is 16.6. The predicted octanol–water partition coefficient (Wildman–Crippen LogP) is 2.75. The molecule has 0 saturated carbocycles. The molecule has 0 spiro atoms. The minimum absolute atomic E-state index is 0.0896. The summed E-state index contributed by atoms with van der Waals surface area (Å²) in [4.78, 5) is 43.8. The summed E-state index contributed by atoms with van der Waals surface area (Å²) in [7, 11) is 0. The van der Waals surface area contributed by atoms with Gasteiger partial charge in [-0.05, 0) is 31.5 Å². The number of ketones is 1. The second kappa shape index (κ2) is 12.0. The maximum Gasteiger partial charge on any atom is 0.253 e. The maximum atomic E-state index is 13.7. The van der Waals surface area contributed by atoms with E-state index in [2.05, 4.69) is 24.5 Å². The molecule has 0 aromatic heterocycles. The predicted molar refractivity (Wildman–Crippen MR) is 135 cm³/mol. The highest BCUT2D eigenvalue weighted by Crippen LogP contribution is 2.28. The van der Waals surface area contributed by atoms with E-state index < -0.39 is 6.04 Å². The number of amides is 2. The Labute approximate surface area is 201 Å². The summed E-state index contributed by atoms with van der Waals surface area (Å²) < 4.78 is 0. The third kappa shape index (κ3) is 6.71. The second-order valence-electron chi connectivity index (χ2n) is 8.67. The van der Waals surface area contributed by atoms with Crippen molar-refractivity contribution in [1.82, 2.24) is 10.6 Å². The van der Waals surface area contributed by atoms with Crippen LogP contribution in [0.1, 0.15) is 31.9 Å². The molecule has 2 N–H and O–H groups in total. The lowest BCUT2D eigenvalue weighted by molar-refractivity contribution is -0.124. The van der Waals surface area contributed by atoms with Gasteiger partial charge in [0.1, 0.15) is 12.6 Å². The van der Waals surface area contributed by atoms with E-state index in [1.807, 2.05) is 54.6 Å². The minimum atomic E-state index is -0.674. The van der Waals surface area contributed by atoms with Gasteiger partial charge in [-0.2, -0.15) is 0 Å². The first-order valence-corrected chi connectivity index (χ1v) is 11.5. The van der Waals surface area contributed by atoms with Crippen LogP contribution >= 0.6 is 0 Å². The molecular formula is C27H32N4O3. The smallest absolute Gasteiger partial charge is 0.253 e. The van der Waals surface area contributed by atoms with Gasteiger partial charge in [0, 0.05) is 24.2 Å². The number of rotatable bonds is 10. The molecule has 2 aromatic rings. The molecule has 0 radical (unpaired) electrons. The number of nitrogens with one attached hydrogen (secondary N) is 2. The van der Waals surface area contributed by atoms with Crippen LogP contribution in [0.15, 0.2) is 71.7 Å². The van der Waals surface area contributed by atoms with Crippen LogP contribution in [0.4, 0.5) is 5.69 Å². The van der Waals surface area contributed by atoms with Gasteiger partial charge in [-0.3, -0.25) is 19.4 Å². The van der Waals surface area contributed by atoms with Crippen molar-refractivity contribution in [3.8, 4) is 0 Å². The Morgan fingerprint density at radius 2 is 1.79 bits per heavy atom. The van der Waals surface area contributed by atoms with Gasteiger partial charge in [-0.1, -0.05) is 68.5 Å². The number of carbonyl (C=O) groups is 3. The zero-order valence-electron chi connectivity index (χ0n) is 20.0. The summed E-state index contributed by atoms with van der Waals surface area (Å²) in [6.45, 7) is 6.87. The Morgan fingerprint density at radius 1 is 1.09 bits per heavy atom. The van der Waals surface area contributed by atoms with Crippen LogP contribution in [0.5, 0.6) is 0 Å². The molecule has 0 bridgehead atoms. The maximum absolute atomic E-state index is 13.7. The van der Waals surface area contributed by atoms with Gasteiger partial charge in [0.15, 0.2) is 5.78 Å². The molecule has 0 aliphatic carbocycles. The number of anilines is 1. The van der Waals surface area contributed by atoms with E-state index in [1.165, 1.54) is 17.9 Å². The third-order valence-corrected chi connectivity index (χ3v) is 5.29. The minimum Gasteiger partial charge on any atom is -0.351 e. The lowest BCUT2D eigenvalue weighted by atomic mass is 10.0. The van der Waals surface area contributed by atoms with E-state index >= 15 is 0 Å². The van der Waals surface area contributed by atoms with Crippen LogP contribution in [-0.4, -0.2) is 55.5 Å². The van der Waals surface area contributed by atoms with Gasteiger partial charge < -0.3 is 15.5 Å². The van der Waals surface area contributed by atoms with Crippen molar-refractivity contribution >= 4 is 29.0 Å². The van der Waals surface area contributed by atoms with Crippen LogP contribution in [0.3, 0.4) is 0 Å². The van der Waals surface area contributed by atoms with Crippen LogP contribution in [0.25, 0.3) is 0 Å². The molecular weight excluding hydrogens is 428 g/mol. The Bertz CT molecular complexity index is 1080. The van der Waals surface area contributed by atoms with E-state index in [0.29, 0.717) is 18.2 Å². The van der Waals surface area contributed by atoms with Gasteiger partial charge in [0.2, 0.25) is 5.91 Å². The van der Waals surface area contributed by atoms with Gasteiger partial charge in [0.25, 0.3) is 5.91 Å². The molecule has 1 aliphatic rings. The molecule has 7 nitrogen and oxygen atoms in total. The zero-order chi connectivity index (χ0) is 24.5. The average molecular weight is 461 g/mol. The summed E-state index contributed by atoms with van der Waals surface area (Å²) >= 11 is 0. The average Bonchev–Trinajstić information content (AvgIpc) is 2.93. The molecule has 0 fully saturated rings. The first kappa shape index (κ1) is 25.1. The van der Waals surface area contributed by atoms with Crippen molar-refractivity contribution in [2.24, 2.45) is 10.9 Å². The lowest BCUT2D eigenvalue weighted by Gasteiger charge is -2.25. The Hall–Kier alpha value is -3.58. The van der Waals surface area contributed by atoms with Crippen molar-refractivity contribution in [2.75, 3.05) is 31.1 Å². The molecule has 0 saturated heterocycles. The fraction of sp³-hybridized carbons (Fsp3) is 0.333. The fourth-order valence-electron chi connectivity index (χ4n) is 3.72. The van der Waals surface area contributed by atoms with Gasteiger partial charge in [-0.15, -0.1) is 0 Å². The van der Waals surface area contributed by atoms with Gasteiger partial charge in [0.05, 0.1) is 11.4 Å². The molecule has 34 heavy (non-hydrogen) atoms. The largest absolute Gasteiger partial charge is 0.351 e. The molecule has 1 heterocycles. The highest BCUT2D eigenvalue weighted by molar-refractivity contribution is 6.20. The Kier molecular flexibility index (Phi) is 8.87. The monoisotopic (exact) mass is 460 g/mol. The van der Waals surface area contributed by atoms with E-state index in [1.54, 1.807) is 6.08 Å². The Morgan fingerprint density at radius 3 is 2.50 bits per heavy atom. The van der Waals surface area contributed by atoms with Crippen molar-refractivity contribution in [2.45, 2.75) is 26.8 Å². The SMILES string of the molecule is CC(=O)/C=C/CNC(=O)CN1C(=O)[C@@H](CNCC(C)C)N=C(c2ccccc2)c2ccccc21. The standard InChI is InChI=1S/C27H32N4O3/c1-19(2)16-28-17-23-27(34)31(18-25(33)29-15-9-10-20(3)32)24-14-8-7-13-22(24)26(30-23)21-11-5-4-6-12-21/h4-14,19,23,28H,15-18H2,1-3H3,(H,29,33)/b10-9+/t23-/m1/s1. The normalized spacial score (nSPS) is 15.8. The Balaban J connectivity index is 1.94. The number of benzene rings is 2. The number of carbonyl (C=O) groups excluding carboxylic acids is 3. The number of para-hydroxylation sites is 1. The van der Waals surface area contributed by atoms with E-state index in [9.17, 15) is 14.4 Å². The summed E-state index contributed by atoms with van der Waals surface area (Å²) in [5.74, 6) is -0.203. The van der Waals surface area contributed by atoms with Crippen molar-refractivity contribution in [1.29, 1.82) is 0 Å². The van der Waals surface area contributed by atoms with Crippen molar-refractivity contribution in [3.63, 3.8) is 0 Å². The first-order valence-electron chi connectivity index (χ1n) is 11.5. The highest BCUT2D eigenvalue weighted by Gasteiger charge is 2.32. The quantitative estimate of drug-likeness (QED) is 0.534. The van der Waals surface area contributed by atoms with Crippen LogP contribution in [0, 0.1) is 5.92 Å². The second-order valence-corrected chi connectivity index (χ2v) is 8.67. The van der Waals surface area contributed by atoms with Crippen LogP contribution in [0.2, 0.25) is 0 Å². The number of hydrogen-bond acceptors (Lipinski definition) is 5. The fourth-order valence-corrected chi connectivity index (χ4v) is 3.72. The van der Waals surface area contributed by atoms with Crippen molar-refractivity contribution in [3.05, 3.63) is 77.9 Å². The van der Waals surface area contributed by atoms with Crippen LogP contribution < -0.4 is 15.5 Å². The number of nitrogens with zero attached hydrogens (tertiary/aromatic N) is 2.